The summed E-state index contributed by atoms with van der Waals surface area (Å²) in [6, 6.07) is 6.97. The topological polar surface area (TPSA) is 75.4 Å². The van der Waals surface area contributed by atoms with Gasteiger partial charge >= 0.3 is 0 Å². The third kappa shape index (κ3) is 2.69. The van der Waals surface area contributed by atoms with E-state index in [-0.39, 0.29) is 11.8 Å². The number of rotatable bonds is 3. The third-order valence-corrected chi connectivity index (χ3v) is 7.87. The second kappa shape index (κ2) is 6.18. The first kappa shape index (κ1) is 17.7. The number of fused-ring (bicyclic) bond motifs is 1. The van der Waals surface area contributed by atoms with Gasteiger partial charge < -0.3 is 9.67 Å². The number of imidazole rings is 1. The fourth-order valence-electron chi connectivity index (χ4n) is 4.60. The zero-order valence-corrected chi connectivity index (χ0v) is 16.0. The number of aromatic nitrogens is 2. The summed E-state index contributed by atoms with van der Waals surface area (Å²) >= 11 is 0. The van der Waals surface area contributed by atoms with Gasteiger partial charge in [0.25, 0.3) is 0 Å². The minimum Gasteiger partial charge on any atom is -0.382 e. The van der Waals surface area contributed by atoms with Crippen molar-refractivity contribution in [3.63, 3.8) is 0 Å². The van der Waals surface area contributed by atoms with E-state index in [4.69, 9.17) is 0 Å². The molecule has 3 unspecified atom stereocenters. The first-order valence-corrected chi connectivity index (χ1v) is 10.5. The Balaban J connectivity index is 1.66. The van der Waals surface area contributed by atoms with E-state index in [9.17, 15) is 13.5 Å². The van der Waals surface area contributed by atoms with Gasteiger partial charge in [0.2, 0.25) is 10.0 Å². The number of sulfonamides is 1. The van der Waals surface area contributed by atoms with Gasteiger partial charge in [0, 0.05) is 38.4 Å². The van der Waals surface area contributed by atoms with Crippen molar-refractivity contribution in [3.8, 4) is 0 Å². The van der Waals surface area contributed by atoms with Crippen LogP contribution in [0.1, 0.15) is 30.7 Å². The molecule has 2 fully saturated rings. The molecule has 0 spiro atoms. The molecule has 1 saturated carbocycles. The van der Waals surface area contributed by atoms with Crippen molar-refractivity contribution in [2.75, 3.05) is 13.1 Å². The molecule has 2 aromatic rings. The summed E-state index contributed by atoms with van der Waals surface area (Å²) in [7, 11) is -1.67. The van der Waals surface area contributed by atoms with Crippen molar-refractivity contribution in [1.29, 1.82) is 0 Å². The normalized spacial score (nSPS) is 29.7. The number of benzene rings is 1. The Kier molecular flexibility index (Phi) is 4.21. The van der Waals surface area contributed by atoms with Gasteiger partial charge in [-0.1, -0.05) is 17.7 Å². The summed E-state index contributed by atoms with van der Waals surface area (Å²) < 4.78 is 29.5. The maximum atomic E-state index is 13.1. The van der Waals surface area contributed by atoms with E-state index in [1.165, 1.54) is 0 Å². The molecule has 140 valence electrons. The van der Waals surface area contributed by atoms with Crippen LogP contribution >= 0.6 is 0 Å². The molecule has 1 aliphatic heterocycles. The van der Waals surface area contributed by atoms with E-state index in [0.717, 1.165) is 18.4 Å². The van der Waals surface area contributed by atoms with Crippen molar-refractivity contribution in [2.24, 2.45) is 18.9 Å². The lowest BCUT2D eigenvalue weighted by atomic mass is 9.70. The second-order valence-electron chi connectivity index (χ2n) is 7.68. The van der Waals surface area contributed by atoms with E-state index >= 15 is 0 Å². The Labute approximate surface area is 154 Å². The van der Waals surface area contributed by atoms with Crippen LogP contribution in [0.2, 0.25) is 0 Å². The lowest BCUT2D eigenvalue weighted by Crippen LogP contribution is -2.44. The zero-order valence-electron chi connectivity index (χ0n) is 15.2. The molecular weight excluding hydrogens is 350 g/mol. The quantitative estimate of drug-likeness (QED) is 0.891. The van der Waals surface area contributed by atoms with Crippen molar-refractivity contribution in [1.82, 2.24) is 13.9 Å². The molecule has 0 bridgehead atoms. The predicted octanol–water partition coefficient (Wildman–Crippen LogP) is 2.04. The fraction of sp³-hybridized carbons (Fsp3) is 0.526. The summed E-state index contributed by atoms with van der Waals surface area (Å²) in [6.07, 6.45) is 5.96. The molecule has 0 amide bonds. The minimum atomic E-state index is -3.55. The number of nitrogens with zero attached hydrogens (tertiary/aromatic N) is 3. The predicted molar refractivity (Wildman–Crippen MR) is 97.9 cm³/mol. The average Bonchev–Trinajstić information content (AvgIpc) is 3.23. The Bertz CT molecular complexity index is 906. The van der Waals surface area contributed by atoms with Gasteiger partial charge in [-0.25, -0.2) is 13.4 Å². The molecule has 2 heterocycles. The maximum Gasteiger partial charge on any atom is 0.243 e. The first-order chi connectivity index (χ1) is 12.3. The van der Waals surface area contributed by atoms with Gasteiger partial charge in [-0.15, -0.1) is 0 Å². The molecular formula is C19H25N3O3S. The van der Waals surface area contributed by atoms with Gasteiger partial charge in [-0.05, 0) is 44.2 Å². The van der Waals surface area contributed by atoms with Gasteiger partial charge in [-0.2, -0.15) is 4.31 Å². The molecule has 3 atom stereocenters. The van der Waals surface area contributed by atoms with Crippen molar-refractivity contribution in [2.45, 2.75) is 36.7 Å². The highest BCUT2D eigenvalue weighted by molar-refractivity contribution is 7.89. The third-order valence-electron chi connectivity index (χ3n) is 6.02. The Morgan fingerprint density at radius 3 is 2.62 bits per heavy atom. The Morgan fingerprint density at radius 2 is 1.96 bits per heavy atom. The van der Waals surface area contributed by atoms with Gasteiger partial charge in [0.1, 0.15) is 11.4 Å². The molecule has 0 radical (unpaired) electrons. The standard InChI is InChI=1S/C19H25N3O3S/c1-14-5-7-16(8-6-14)26(24,25)22-12-15-4-3-9-19(23,17(15)13-22)18-20-10-11-21(18)2/h5-8,10-11,15,17,23H,3-4,9,12-13H2,1-2H3. The van der Waals surface area contributed by atoms with Crippen LogP contribution in [0.15, 0.2) is 41.6 Å². The molecule has 2 aliphatic rings. The van der Waals surface area contributed by atoms with Crippen molar-refractivity contribution >= 4 is 10.0 Å². The van der Waals surface area contributed by atoms with Crippen LogP contribution in [0.3, 0.4) is 0 Å². The molecule has 1 aromatic carbocycles. The molecule has 26 heavy (non-hydrogen) atoms. The molecule has 6 nitrogen and oxygen atoms in total. The average molecular weight is 375 g/mol. The summed E-state index contributed by atoms with van der Waals surface area (Å²) in [4.78, 5) is 4.69. The number of aliphatic hydroxyl groups is 1. The molecule has 4 rings (SSSR count). The van der Waals surface area contributed by atoms with Gasteiger partial charge in [-0.3, -0.25) is 0 Å². The van der Waals surface area contributed by atoms with Crippen molar-refractivity contribution in [3.05, 3.63) is 48.0 Å². The molecule has 7 heteroatoms. The molecule has 1 saturated heterocycles. The number of hydrogen-bond donors (Lipinski definition) is 1. The molecule has 1 aliphatic carbocycles. The summed E-state index contributed by atoms with van der Waals surface area (Å²) in [5, 5.41) is 11.5. The number of aryl methyl sites for hydroxylation is 2. The largest absolute Gasteiger partial charge is 0.382 e. The summed E-state index contributed by atoms with van der Waals surface area (Å²) in [6.45, 7) is 2.74. The monoisotopic (exact) mass is 375 g/mol. The van der Waals surface area contributed by atoms with E-state index in [1.807, 2.05) is 36.9 Å². The van der Waals surface area contributed by atoms with E-state index in [0.29, 0.717) is 30.2 Å². The number of hydrogen-bond acceptors (Lipinski definition) is 4. The molecule has 1 N–H and O–H groups in total. The van der Waals surface area contributed by atoms with Crippen molar-refractivity contribution < 1.29 is 13.5 Å². The van der Waals surface area contributed by atoms with Crippen LogP contribution in [-0.2, 0) is 22.7 Å². The lowest BCUT2D eigenvalue weighted by molar-refractivity contribution is -0.0728. The summed E-state index contributed by atoms with van der Waals surface area (Å²) in [5.74, 6) is 0.671. The van der Waals surface area contributed by atoms with E-state index in [1.54, 1.807) is 22.6 Å². The van der Waals surface area contributed by atoms with Crippen LogP contribution in [0.25, 0.3) is 0 Å². The second-order valence-corrected chi connectivity index (χ2v) is 9.62. The van der Waals surface area contributed by atoms with Crippen LogP contribution < -0.4 is 0 Å². The van der Waals surface area contributed by atoms with E-state index < -0.39 is 15.6 Å². The highest BCUT2D eigenvalue weighted by Gasteiger charge is 2.53. The smallest absolute Gasteiger partial charge is 0.243 e. The first-order valence-electron chi connectivity index (χ1n) is 9.09. The van der Waals surface area contributed by atoms with Crippen LogP contribution in [0.4, 0.5) is 0 Å². The van der Waals surface area contributed by atoms with Gasteiger partial charge in [0.05, 0.1) is 4.90 Å². The lowest BCUT2D eigenvalue weighted by Gasteiger charge is -2.40. The maximum absolute atomic E-state index is 13.1. The highest BCUT2D eigenvalue weighted by Crippen LogP contribution is 2.48. The van der Waals surface area contributed by atoms with E-state index in [2.05, 4.69) is 4.98 Å². The fourth-order valence-corrected chi connectivity index (χ4v) is 6.12. The zero-order chi connectivity index (χ0) is 18.5. The molecule has 1 aromatic heterocycles. The Morgan fingerprint density at radius 1 is 1.23 bits per heavy atom. The van der Waals surface area contributed by atoms with Crippen LogP contribution in [0, 0.1) is 18.8 Å². The Hall–Kier alpha value is -1.70. The SMILES string of the molecule is Cc1ccc(S(=O)(=O)N2CC3CCCC(O)(c4nccn4C)C3C2)cc1. The summed E-state index contributed by atoms with van der Waals surface area (Å²) in [5.41, 5.74) is -0.0400. The van der Waals surface area contributed by atoms with Crippen LogP contribution in [-0.4, -0.2) is 40.5 Å². The van der Waals surface area contributed by atoms with Crippen LogP contribution in [0.5, 0.6) is 0 Å². The van der Waals surface area contributed by atoms with Gasteiger partial charge in [0.15, 0.2) is 0 Å². The minimum absolute atomic E-state index is 0.127. The highest BCUT2D eigenvalue weighted by atomic mass is 32.2.